The lowest BCUT2D eigenvalue weighted by atomic mass is 10.3. The first-order chi connectivity index (χ1) is 9.40. The quantitative estimate of drug-likeness (QED) is 0.743. The lowest BCUT2D eigenvalue weighted by Crippen LogP contribution is -2.12. The molecule has 0 fully saturated rings. The number of rotatable bonds is 5. The van der Waals surface area contributed by atoms with Gasteiger partial charge in [-0.25, -0.2) is 13.6 Å². The number of anilines is 2. The average Bonchev–Trinajstić information content (AvgIpc) is 2.85. The lowest BCUT2D eigenvalue weighted by Gasteiger charge is -2.04. The second-order valence-corrected chi connectivity index (χ2v) is 5.72. The van der Waals surface area contributed by atoms with Crippen LogP contribution in [0.4, 0.5) is 11.7 Å². The monoisotopic (exact) mass is 297 g/mol. The summed E-state index contributed by atoms with van der Waals surface area (Å²) in [6, 6.07) is 6.13. The number of nitrogens with zero attached hydrogens (tertiary/aromatic N) is 2. The Morgan fingerprint density at radius 3 is 2.75 bits per heavy atom. The largest absolute Gasteiger partial charge is 0.406 e. The number of benzene rings is 1. The summed E-state index contributed by atoms with van der Waals surface area (Å²) in [6.45, 7) is 1.87. The molecule has 0 aliphatic carbocycles. The van der Waals surface area contributed by atoms with Gasteiger partial charge in [-0.1, -0.05) is 11.2 Å². The Morgan fingerprint density at radius 2 is 2.10 bits per heavy atom. The van der Waals surface area contributed by atoms with E-state index in [1.807, 2.05) is 6.92 Å². The first-order valence-corrected chi connectivity index (χ1v) is 7.35. The average molecular weight is 297 g/mol. The SMILES string of the molecule is CNC(C)c1nnc(Nc2cccc(S(N)(=O)=O)c2)o1. The summed E-state index contributed by atoms with van der Waals surface area (Å²) < 4.78 is 27.9. The number of hydrogen-bond donors (Lipinski definition) is 3. The van der Waals surface area contributed by atoms with E-state index < -0.39 is 10.0 Å². The zero-order valence-corrected chi connectivity index (χ0v) is 11.8. The minimum absolute atomic E-state index is 0.00540. The molecule has 0 amide bonds. The van der Waals surface area contributed by atoms with Gasteiger partial charge in [-0.2, -0.15) is 0 Å². The Bertz CT molecular complexity index is 698. The van der Waals surface area contributed by atoms with Crippen molar-refractivity contribution in [3.8, 4) is 0 Å². The van der Waals surface area contributed by atoms with Gasteiger partial charge in [0.05, 0.1) is 10.9 Å². The van der Waals surface area contributed by atoms with Gasteiger partial charge in [-0.15, -0.1) is 5.10 Å². The summed E-state index contributed by atoms with van der Waals surface area (Å²) in [7, 11) is -1.97. The molecule has 0 radical (unpaired) electrons. The maximum atomic E-state index is 11.3. The lowest BCUT2D eigenvalue weighted by molar-refractivity contribution is 0.443. The Morgan fingerprint density at radius 1 is 1.35 bits per heavy atom. The molecule has 1 atom stereocenters. The van der Waals surface area contributed by atoms with Crippen LogP contribution in [-0.4, -0.2) is 25.7 Å². The van der Waals surface area contributed by atoms with Crippen LogP contribution in [0.25, 0.3) is 0 Å². The second-order valence-electron chi connectivity index (χ2n) is 4.15. The van der Waals surface area contributed by atoms with Gasteiger partial charge in [0.25, 0.3) is 0 Å². The van der Waals surface area contributed by atoms with Crippen molar-refractivity contribution in [2.45, 2.75) is 17.9 Å². The van der Waals surface area contributed by atoms with Crippen LogP contribution in [0.2, 0.25) is 0 Å². The number of sulfonamides is 1. The zero-order valence-electron chi connectivity index (χ0n) is 11.0. The van der Waals surface area contributed by atoms with Crippen molar-refractivity contribution in [2.24, 2.45) is 5.14 Å². The van der Waals surface area contributed by atoms with E-state index in [1.165, 1.54) is 12.1 Å². The molecular formula is C11H15N5O3S. The van der Waals surface area contributed by atoms with Gasteiger partial charge in [0.2, 0.25) is 15.9 Å². The van der Waals surface area contributed by atoms with E-state index in [2.05, 4.69) is 20.8 Å². The minimum atomic E-state index is -3.75. The summed E-state index contributed by atoms with van der Waals surface area (Å²) in [4.78, 5) is 0.00540. The van der Waals surface area contributed by atoms with Crippen molar-refractivity contribution in [3.63, 3.8) is 0 Å². The van der Waals surface area contributed by atoms with E-state index in [0.717, 1.165) is 0 Å². The Kier molecular flexibility index (Phi) is 4.02. The maximum absolute atomic E-state index is 11.3. The van der Waals surface area contributed by atoms with Gasteiger partial charge in [-0.3, -0.25) is 0 Å². The molecule has 1 aromatic carbocycles. The minimum Gasteiger partial charge on any atom is -0.406 e. The molecule has 108 valence electrons. The number of hydrogen-bond acceptors (Lipinski definition) is 7. The van der Waals surface area contributed by atoms with Crippen LogP contribution in [0, 0.1) is 0 Å². The molecule has 1 aromatic heterocycles. The first-order valence-electron chi connectivity index (χ1n) is 5.80. The van der Waals surface area contributed by atoms with E-state index in [9.17, 15) is 8.42 Å². The summed E-state index contributed by atoms with van der Waals surface area (Å²) >= 11 is 0. The normalized spacial score (nSPS) is 13.2. The van der Waals surface area contributed by atoms with E-state index in [0.29, 0.717) is 11.6 Å². The molecule has 1 heterocycles. The Balaban J connectivity index is 2.20. The van der Waals surface area contributed by atoms with E-state index in [-0.39, 0.29) is 17.0 Å². The highest BCUT2D eigenvalue weighted by Crippen LogP contribution is 2.20. The summed E-state index contributed by atoms with van der Waals surface area (Å²) in [5.41, 5.74) is 0.490. The van der Waals surface area contributed by atoms with Crippen molar-refractivity contribution in [1.29, 1.82) is 0 Å². The predicted octanol–water partition coefficient (Wildman–Crippen LogP) is 0.741. The van der Waals surface area contributed by atoms with Crippen LogP contribution in [0.3, 0.4) is 0 Å². The maximum Gasteiger partial charge on any atom is 0.320 e. The number of aromatic nitrogens is 2. The standard InChI is InChI=1S/C11H15N5O3S/c1-7(13-2)10-15-16-11(19-10)14-8-4-3-5-9(6-8)20(12,17)18/h3-7,13H,1-2H3,(H,14,16)(H2,12,17,18). The highest BCUT2D eigenvalue weighted by atomic mass is 32.2. The first kappa shape index (κ1) is 14.4. The summed E-state index contributed by atoms with van der Waals surface area (Å²) in [6.07, 6.45) is 0. The molecule has 9 heteroatoms. The van der Waals surface area contributed by atoms with E-state index in [1.54, 1.807) is 19.2 Å². The fraction of sp³-hybridized carbons (Fsp3) is 0.273. The zero-order chi connectivity index (χ0) is 14.8. The highest BCUT2D eigenvalue weighted by molar-refractivity contribution is 7.89. The van der Waals surface area contributed by atoms with Crippen LogP contribution in [0.5, 0.6) is 0 Å². The molecule has 0 aliphatic rings. The molecule has 0 saturated carbocycles. The van der Waals surface area contributed by atoms with Crippen LogP contribution in [0.15, 0.2) is 33.6 Å². The second kappa shape index (κ2) is 5.57. The van der Waals surface area contributed by atoms with E-state index >= 15 is 0 Å². The van der Waals surface area contributed by atoms with Crippen molar-refractivity contribution in [1.82, 2.24) is 15.5 Å². The molecule has 4 N–H and O–H groups in total. The fourth-order valence-electron chi connectivity index (χ4n) is 1.46. The van der Waals surface area contributed by atoms with Crippen molar-refractivity contribution in [3.05, 3.63) is 30.2 Å². The number of nitrogens with one attached hydrogen (secondary N) is 2. The third kappa shape index (κ3) is 3.32. The summed E-state index contributed by atoms with van der Waals surface area (Å²) in [5, 5.41) is 18.6. The molecular weight excluding hydrogens is 282 g/mol. The molecule has 0 aliphatic heterocycles. The third-order valence-corrected chi connectivity index (χ3v) is 3.57. The molecule has 20 heavy (non-hydrogen) atoms. The topological polar surface area (TPSA) is 123 Å². The van der Waals surface area contributed by atoms with Crippen LogP contribution < -0.4 is 15.8 Å². The van der Waals surface area contributed by atoms with Gasteiger partial charge < -0.3 is 15.1 Å². The molecule has 0 spiro atoms. The Labute approximate surface area is 116 Å². The molecule has 0 bridgehead atoms. The van der Waals surface area contributed by atoms with Gasteiger partial charge in [0.15, 0.2) is 0 Å². The molecule has 8 nitrogen and oxygen atoms in total. The van der Waals surface area contributed by atoms with Crippen molar-refractivity contribution >= 4 is 21.7 Å². The van der Waals surface area contributed by atoms with Crippen LogP contribution in [0.1, 0.15) is 18.9 Å². The van der Waals surface area contributed by atoms with Crippen LogP contribution >= 0.6 is 0 Å². The summed E-state index contributed by atoms with van der Waals surface area (Å²) in [5.74, 6) is 0.428. The molecule has 1 unspecified atom stereocenters. The van der Waals surface area contributed by atoms with Gasteiger partial charge in [-0.05, 0) is 32.2 Å². The number of primary sulfonamides is 1. The van der Waals surface area contributed by atoms with Gasteiger partial charge in [0, 0.05) is 5.69 Å². The van der Waals surface area contributed by atoms with Gasteiger partial charge in [0.1, 0.15) is 0 Å². The third-order valence-electron chi connectivity index (χ3n) is 2.66. The smallest absolute Gasteiger partial charge is 0.320 e. The van der Waals surface area contributed by atoms with E-state index in [4.69, 9.17) is 9.56 Å². The highest BCUT2D eigenvalue weighted by Gasteiger charge is 2.13. The molecule has 2 aromatic rings. The van der Waals surface area contributed by atoms with Gasteiger partial charge >= 0.3 is 6.01 Å². The number of nitrogens with two attached hydrogens (primary N) is 1. The van der Waals surface area contributed by atoms with Crippen LogP contribution in [-0.2, 0) is 10.0 Å². The van der Waals surface area contributed by atoms with Crippen molar-refractivity contribution < 1.29 is 12.8 Å². The fourth-order valence-corrected chi connectivity index (χ4v) is 2.02. The molecule has 0 saturated heterocycles. The van der Waals surface area contributed by atoms with Crippen molar-refractivity contribution in [2.75, 3.05) is 12.4 Å². The predicted molar refractivity (Wildman–Crippen MR) is 72.9 cm³/mol. The Hall–Kier alpha value is -1.97. The molecule has 2 rings (SSSR count).